The molecule has 6 heteroatoms. The second-order valence-electron chi connectivity index (χ2n) is 4.08. The summed E-state index contributed by atoms with van der Waals surface area (Å²) in [5.74, 6) is 0.848. The largest absolute Gasteiger partial charge is 0.480 e. The molecule has 20 heavy (non-hydrogen) atoms. The summed E-state index contributed by atoms with van der Waals surface area (Å²) in [4.78, 5) is 23.7. The summed E-state index contributed by atoms with van der Waals surface area (Å²) >= 11 is 11.8. The molecule has 0 unspecified atom stereocenters. The van der Waals surface area contributed by atoms with Crippen molar-refractivity contribution < 1.29 is 14.7 Å². The van der Waals surface area contributed by atoms with Crippen LogP contribution in [0.1, 0.15) is 12.0 Å². The van der Waals surface area contributed by atoms with Gasteiger partial charge in [0, 0.05) is 16.5 Å². The third-order valence-corrected chi connectivity index (χ3v) is 3.17. The van der Waals surface area contributed by atoms with Crippen molar-refractivity contribution in [1.29, 1.82) is 0 Å². The molecule has 0 aliphatic heterocycles. The first kappa shape index (κ1) is 16.4. The van der Waals surface area contributed by atoms with Gasteiger partial charge in [-0.2, -0.15) is 0 Å². The first-order chi connectivity index (χ1) is 9.43. The van der Waals surface area contributed by atoms with Crippen LogP contribution in [0.25, 0.3) is 0 Å². The Morgan fingerprint density at radius 2 is 2.05 bits per heavy atom. The minimum atomic E-state index is -1.10. The molecule has 0 aromatic heterocycles. The van der Waals surface area contributed by atoms with Crippen LogP contribution in [0.4, 0.5) is 0 Å². The van der Waals surface area contributed by atoms with Gasteiger partial charge in [0.2, 0.25) is 5.91 Å². The Bertz CT molecular complexity index is 552. The van der Waals surface area contributed by atoms with E-state index in [0.29, 0.717) is 16.5 Å². The molecular formula is C14H13Cl2NO3. The van der Waals surface area contributed by atoms with Crippen LogP contribution in [0.5, 0.6) is 0 Å². The minimum absolute atomic E-state index is 0.0283. The zero-order valence-corrected chi connectivity index (χ0v) is 12.1. The molecule has 0 radical (unpaired) electrons. The number of carboxylic acids is 1. The lowest BCUT2D eigenvalue weighted by Crippen LogP contribution is -2.36. The molecule has 1 N–H and O–H groups in total. The monoisotopic (exact) mass is 313 g/mol. The minimum Gasteiger partial charge on any atom is -0.480 e. The number of nitrogens with zero attached hydrogens (tertiary/aromatic N) is 1. The van der Waals surface area contributed by atoms with Gasteiger partial charge in [0.1, 0.15) is 6.54 Å². The highest BCUT2D eigenvalue weighted by molar-refractivity contribution is 6.35. The average Bonchev–Trinajstić information content (AvgIpc) is 2.36. The molecule has 0 spiro atoms. The Kier molecular flexibility index (Phi) is 6.37. The van der Waals surface area contributed by atoms with E-state index >= 15 is 0 Å². The summed E-state index contributed by atoms with van der Waals surface area (Å²) in [6.07, 6.45) is 5.65. The van der Waals surface area contributed by atoms with Crippen molar-refractivity contribution in [2.24, 2.45) is 0 Å². The second kappa shape index (κ2) is 7.78. The lowest BCUT2D eigenvalue weighted by molar-refractivity contribution is -0.144. The van der Waals surface area contributed by atoms with Crippen LogP contribution in [-0.2, 0) is 16.0 Å². The molecule has 0 atom stereocenters. The molecule has 4 nitrogen and oxygen atoms in total. The number of carbonyl (C=O) groups is 2. The second-order valence-corrected chi connectivity index (χ2v) is 4.93. The standard InChI is InChI=1S/C14H13Cl2NO3/c1-2-7-17(9-14(19)20)13(18)6-4-10-3-5-11(15)8-12(10)16/h1,3,5,8H,4,6-7,9H2,(H,19,20). The molecule has 0 bridgehead atoms. The van der Waals surface area contributed by atoms with E-state index in [9.17, 15) is 9.59 Å². The Morgan fingerprint density at radius 3 is 2.60 bits per heavy atom. The van der Waals surface area contributed by atoms with E-state index in [4.69, 9.17) is 34.7 Å². The molecule has 0 saturated heterocycles. The highest BCUT2D eigenvalue weighted by Gasteiger charge is 2.16. The van der Waals surface area contributed by atoms with Crippen molar-refractivity contribution in [2.45, 2.75) is 12.8 Å². The number of benzene rings is 1. The number of hydrogen-bond acceptors (Lipinski definition) is 2. The van der Waals surface area contributed by atoms with Gasteiger partial charge in [-0.05, 0) is 24.1 Å². The molecule has 0 aliphatic carbocycles. The number of aryl methyl sites for hydroxylation is 1. The summed E-state index contributed by atoms with van der Waals surface area (Å²) in [5.41, 5.74) is 0.778. The lowest BCUT2D eigenvalue weighted by atomic mass is 10.1. The van der Waals surface area contributed by atoms with Crippen molar-refractivity contribution in [2.75, 3.05) is 13.1 Å². The maximum Gasteiger partial charge on any atom is 0.323 e. The van der Waals surface area contributed by atoms with E-state index in [0.717, 1.165) is 10.5 Å². The number of terminal acetylenes is 1. The van der Waals surface area contributed by atoms with Gasteiger partial charge >= 0.3 is 5.97 Å². The fraction of sp³-hybridized carbons (Fsp3) is 0.286. The van der Waals surface area contributed by atoms with Crippen molar-refractivity contribution in [3.8, 4) is 12.3 Å². The Labute approximate surface area is 127 Å². The van der Waals surface area contributed by atoms with E-state index in [2.05, 4.69) is 5.92 Å². The van der Waals surface area contributed by atoms with Crippen LogP contribution >= 0.6 is 23.2 Å². The van der Waals surface area contributed by atoms with Gasteiger partial charge in [0.25, 0.3) is 0 Å². The zero-order valence-electron chi connectivity index (χ0n) is 10.6. The highest BCUT2D eigenvalue weighted by Crippen LogP contribution is 2.22. The van der Waals surface area contributed by atoms with E-state index in [1.54, 1.807) is 18.2 Å². The molecule has 0 aliphatic rings. The molecule has 106 valence electrons. The van der Waals surface area contributed by atoms with Crippen LogP contribution in [0, 0.1) is 12.3 Å². The number of carbonyl (C=O) groups excluding carboxylic acids is 1. The number of carboxylic acid groups (broad SMARTS) is 1. The van der Waals surface area contributed by atoms with E-state index in [-0.39, 0.29) is 18.9 Å². The van der Waals surface area contributed by atoms with Gasteiger partial charge in [0.05, 0.1) is 6.54 Å². The van der Waals surface area contributed by atoms with Crippen molar-refractivity contribution in [3.63, 3.8) is 0 Å². The Balaban J connectivity index is 2.64. The molecule has 1 amide bonds. The number of aliphatic carboxylic acids is 1. The third-order valence-electron chi connectivity index (χ3n) is 2.58. The predicted octanol–water partition coefficient (Wildman–Crippen LogP) is 2.47. The Hall–Kier alpha value is -1.70. The van der Waals surface area contributed by atoms with Crippen molar-refractivity contribution >= 4 is 35.1 Å². The maximum absolute atomic E-state index is 11.9. The van der Waals surface area contributed by atoms with Gasteiger partial charge in [-0.3, -0.25) is 9.59 Å². The van der Waals surface area contributed by atoms with Crippen LogP contribution in [0.3, 0.4) is 0 Å². The smallest absolute Gasteiger partial charge is 0.323 e. The first-order valence-corrected chi connectivity index (χ1v) is 6.56. The molecule has 1 aromatic rings. The highest BCUT2D eigenvalue weighted by atomic mass is 35.5. The van der Waals surface area contributed by atoms with Gasteiger partial charge in [-0.25, -0.2) is 0 Å². The fourth-order valence-corrected chi connectivity index (χ4v) is 2.13. The lowest BCUT2D eigenvalue weighted by Gasteiger charge is -2.18. The number of rotatable bonds is 6. The maximum atomic E-state index is 11.9. The van der Waals surface area contributed by atoms with Crippen LogP contribution in [0.2, 0.25) is 10.0 Å². The molecular weight excluding hydrogens is 301 g/mol. The summed E-state index contributed by atoms with van der Waals surface area (Å²) < 4.78 is 0. The Morgan fingerprint density at radius 1 is 1.35 bits per heavy atom. The summed E-state index contributed by atoms with van der Waals surface area (Å²) in [6.45, 7) is -0.434. The molecule has 0 heterocycles. The molecule has 1 rings (SSSR count). The van der Waals surface area contributed by atoms with E-state index in [1.165, 1.54) is 0 Å². The van der Waals surface area contributed by atoms with E-state index < -0.39 is 12.5 Å². The van der Waals surface area contributed by atoms with Crippen LogP contribution < -0.4 is 0 Å². The topological polar surface area (TPSA) is 57.6 Å². The average molecular weight is 314 g/mol. The predicted molar refractivity (Wildman–Crippen MR) is 77.8 cm³/mol. The summed E-state index contributed by atoms with van der Waals surface area (Å²) in [6, 6.07) is 5.02. The first-order valence-electron chi connectivity index (χ1n) is 5.81. The van der Waals surface area contributed by atoms with E-state index in [1.807, 2.05) is 0 Å². The number of amides is 1. The van der Waals surface area contributed by atoms with Gasteiger partial charge < -0.3 is 10.0 Å². The van der Waals surface area contributed by atoms with Crippen LogP contribution in [-0.4, -0.2) is 35.0 Å². The van der Waals surface area contributed by atoms with Gasteiger partial charge in [0.15, 0.2) is 0 Å². The molecule has 1 aromatic carbocycles. The summed E-state index contributed by atoms with van der Waals surface area (Å²) in [5, 5.41) is 9.72. The van der Waals surface area contributed by atoms with Gasteiger partial charge in [-0.15, -0.1) is 6.42 Å². The van der Waals surface area contributed by atoms with Crippen molar-refractivity contribution in [1.82, 2.24) is 4.90 Å². The molecule has 0 fully saturated rings. The zero-order chi connectivity index (χ0) is 15.1. The fourth-order valence-electron chi connectivity index (χ4n) is 1.63. The number of hydrogen-bond donors (Lipinski definition) is 1. The SMILES string of the molecule is C#CCN(CC(=O)O)C(=O)CCc1ccc(Cl)cc1Cl. The number of halogens is 2. The molecule has 0 saturated carbocycles. The normalized spacial score (nSPS) is 9.85. The quantitative estimate of drug-likeness (QED) is 0.821. The van der Waals surface area contributed by atoms with Gasteiger partial charge in [-0.1, -0.05) is 35.2 Å². The summed E-state index contributed by atoms with van der Waals surface area (Å²) in [7, 11) is 0. The third kappa shape index (κ3) is 5.12. The van der Waals surface area contributed by atoms with Crippen molar-refractivity contribution in [3.05, 3.63) is 33.8 Å². The van der Waals surface area contributed by atoms with Crippen LogP contribution in [0.15, 0.2) is 18.2 Å².